The Morgan fingerprint density at radius 2 is 2.00 bits per heavy atom. The summed E-state index contributed by atoms with van der Waals surface area (Å²) in [6, 6.07) is 4.85. The fourth-order valence-electron chi connectivity index (χ4n) is 2.56. The van der Waals surface area contributed by atoms with Crippen molar-refractivity contribution < 1.29 is 14.7 Å². The van der Waals surface area contributed by atoms with E-state index in [1.165, 1.54) is 0 Å². The molecule has 126 valence electrons. The maximum atomic E-state index is 12.3. The Morgan fingerprint density at radius 3 is 2.57 bits per heavy atom. The van der Waals surface area contributed by atoms with Crippen molar-refractivity contribution in [3.8, 4) is 0 Å². The Labute approximate surface area is 136 Å². The van der Waals surface area contributed by atoms with E-state index in [2.05, 4.69) is 16.0 Å². The number of carbonyl (C=O) groups excluding carboxylic acids is 2. The van der Waals surface area contributed by atoms with Gasteiger partial charge in [-0.05, 0) is 51.8 Å². The number of aliphatic hydroxyl groups excluding tert-OH is 1. The summed E-state index contributed by atoms with van der Waals surface area (Å²) in [5, 5.41) is 18.2. The minimum absolute atomic E-state index is 0.166. The van der Waals surface area contributed by atoms with Gasteiger partial charge in [-0.1, -0.05) is 6.07 Å². The normalized spacial score (nSPS) is 21.1. The Kier molecular flexibility index (Phi) is 5.06. The molecule has 6 heteroatoms. The average molecular weight is 319 g/mol. The summed E-state index contributed by atoms with van der Waals surface area (Å²) in [6.45, 7) is 7.99. The third-order valence-corrected chi connectivity index (χ3v) is 3.75. The maximum absolute atomic E-state index is 12.3. The second-order valence-electron chi connectivity index (χ2n) is 7.02. The van der Waals surface area contributed by atoms with E-state index in [0.717, 1.165) is 5.56 Å². The van der Waals surface area contributed by atoms with Crippen molar-refractivity contribution in [3.05, 3.63) is 29.3 Å². The van der Waals surface area contributed by atoms with E-state index in [0.29, 0.717) is 24.2 Å². The highest BCUT2D eigenvalue weighted by Crippen LogP contribution is 2.20. The summed E-state index contributed by atoms with van der Waals surface area (Å²) in [5.74, 6) is -0.362. The molecule has 0 spiro atoms. The lowest BCUT2D eigenvalue weighted by Crippen LogP contribution is -2.41. The highest BCUT2D eigenvalue weighted by molar-refractivity contribution is 6.00. The highest BCUT2D eigenvalue weighted by atomic mass is 16.3. The number of benzene rings is 1. The van der Waals surface area contributed by atoms with Gasteiger partial charge in [0.1, 0.15) is 0 Å². The molecule has 0 unspecified atom stereocenters. The fourth-order valence-corrected chi connectivity index (χ4v) is 2.56. The van der Waals surface area contributed by atoms with Gasteiger partial charge < -0.3 is 21.1 Å². The molecular weight excluding hydrogens is 294 g/mol. The third-order valence-electron chi connectivity index (χ3n) is 3.75. The van der Waals surface area contributed by atoms with Crippen molar-refractivity contribution in [3.63, 3.8) is 0 Å². The quantitative estimate of drug-likeness (QED) is 0.673. The van der Waals surface area contributed by atoms with Crippen LogP contribution < -0.4 is 16.0 Å². The molecule has 1 aliphatic rings. The van der Waals surface area contributed by atoms with Crippen LogP contribution in [0.4, 0.5) is 5.69 Å². The molecule has 2 rings (SSSR count). The van der Waals surface area contributed by atoms with Gasteiger partial charge in [0.05, 0.1) is 12.1 Å². The molecule has 1 heterocycles. The van der Waals surface area contributed by atoms with Gasteiger partial charge in [0.25, 0.3) is 5.91 Å². The predicted octanol–water partition coefficient (Wildman–Crippen LogP) is 1.18. The van der Waals surface area contributed by atoms with E-state index < -0.39 is 12.1 Å². The molecule has 1 aromatic carbocycles. The molecule has 4 N–H and O–H groups in total. The fraction of sp³-hybridized carbons (Fsp3) is 0.529. The predicted molar refractivity (Wildman–Crippen MR) is 89.4 cm³/mol. The van der Waals surface area contributed by atoms with Gasteiger partial charge in [0.15, 0.2) is 0 Å². The second-order valence-corrected chi connectivity index (χ2v) is 7.02. The number of β-amino-alcohol motifs (C(OH)–C–C–N with tert-alkyl or cyclic N) is 1. The van der Waals surface area contributed by atoms with Gasteiger partial charge in [-0.3, -0.25) is 9.59 Å². The lowest BCUT2D eigenvalue weighted by atomic mass is 10.0. The number of carbonyl (C=O) groups is 2. The first kappa shape index (κ1) is 17.4. The molecule has 2 atom stereocenters. The van der Waals surface area contributed by atoms with E-state index in [1.807, 2.05) is 27.7 Å². The molecule has 23 heavy (non-hydrogen) atoms. The van der Waals surface area contributed by atoms with Crippen LogP contribution in [-0.2, 0) is 4.79 Å². The summed E-state index contributed by atoms with van der Waals surface area (Å²) in [5.41, 5.74) is 1.55. The van der Waals surface area contributed by atoms with Crippen molar-refractivity contribution >= 4 is 17.5 Å². The van der Waals surface area contributed by atoms with Crippen LogP contribution in [0.15, 0.2) is 18.2 Å². The summed E-state index contributed by atoms with van der Waals surface area (Å²) >= 11 is 0. The van der Waals surface area contributed by atoms with Crippen LogP contribution >= 0.6 is 0 Å². The second kappa shape index (κ2) is 6.68. The molecule has 1 fully saturated rings. The van der Waals surface area contributed by atoms with Crippen molar-refractivity contribution in [2.75, 3.05) is 11.9 Å². The summed E-state index contributed by atoms with van der Waals surface area (Å²) < 4.78 is 0. The van der Waals surface area contributed by atoms with Crippen molar-refractivity contribution in [2.24, 2.45) is 0 Å². The van der Waals surface area contributed by atoms with Gasteiger partial charge in [0, 0.05) is 23.3 Å². The zero-order valence-corrected chi connectivity index (χ0v) is 14.1. The Hall–Kier alpha value is -1.92. The van der Waals surface area contributed by atoms with E-state index in [9.17, 15) is 14.7 Å². The van der Waals surface area contributed by atoms with Crippen LogP contribution in [0.5, 0.6) is 0 Å². The molecule has 2 amide bonds. The number of rotatable bonds is 3. The summed E-state index contributed by atoms with van der Waals surface area (Å²) in [6.07, 6.45) is -0.0922. The van der Waals surface area contributed by atoms with Gasteiger partial charge in [-0.2, -0.15) is 0 Å². The number of hydrogen-bond donors (Lipinski definition) is 4. The topological polar surface area (TPSA) is 90.5 Å². The first-order valence-electron chi connectivity index (χ1n) is 7.82. The Bertz CT molecular complexity index is 608. The summed E-state index contributed by atoms with van der Waals surface area (Å²) in [7, 11) is 0. The Balaban J connectivity index is 2.13. The maximum Gasteiger partial charge on any atom is 0.252 e. The van der Waals surface area contributed by atoms with Crippen LogP contribution in [0.1, 0.15) is 43.1 Å². The molecule has 0 radical (unpaired) electrons. The van der Waals surface area contributed by atoms with Crippen LogP contribution in [-0.4, -0.2) is 41.2 Å². The molecular formula is C17H25N3O3. The van der Waals surface area contributed by atoms with E-state index in [-0.39, 0.29) is 17.4 Å². The zero-order chi connectivity index (χ0) is 17.2. The van der Waals surface area contributed by atoms with Crippen molar-refractivity contribution in [1.29, 1.82) is 0 Å². The third kappa shape index (κ3) is 4.53. The number of nitrogens with one attached hydrogen (secondary N) is 3. The van der Waals surface area contributed by atoms with Crippen molar-refractivity contribution in [1.82, 2.24) is 10.6 Å². The molecule has 1 saturated heterocycles. The number of hydrogen-bond acceptors (Lipinski definition) is 4. The van der Waals surface area contributed by atoms with Crippen LogP contribution in [0, 0.1) is 6.92 Å². The lowest BCUT2D eigenvalue weighted by Gasteiger charge is -2.22. The zero-order valence-electron chi connectivity index (χ0n) is 14.1. The molecule has 0 saturated carbocycles. The SMILES string of the molecule is Cc1c(NC(=O)[C@H]2C[C@@H](O)CN2)cccc1C(=O)NC(C)(C)C. The first-order valence-corrected chi connectivity index (χ1v) is 7.82. The average Bonchev–Trinajstić information content (AvgIpc) is 2.86. The van der Waals surface area contributed by atoms with Gasteiger partial charge >= 0.3 is 0 Å². The van der Waals surface area contributed by atoms with Gasteiger partial charge in [0.2, 0.25) is 5.91 Å². The number of anilines is 1. The van der Waals surface area contributed by atoms with Gasteiger partial charge in [-0.25, -0.2) is 0 Å². The number of aliphatic hydroxyl groups is 1. The largest absolute Gasteiger partial charge is 0.392 e. The minimum Gasteiger partial charge on any atom is -0.392 e. The molecule has 1 aromatic rings. The molecule has 1 aliphatic heterocycles. The highest BCUT2D eigenvalue weighted by Gasteiger charge is 2.28. The lowest BCUT2D eigenvalue weighted by molar-refractivity contribution is -0.117. The molecule has 0 aromatic heterocycles. The number of amides is 2. The van der Waals surface area contributed by atoms with E-state index >= 15 is 0 Å². The summed E-state index contributed by atoms with van der Waals surface area (Å²) in [4.78, 5) is 24.6. The molecule has 0 aliphatic carbocycles. The minimum atomic E-state index is -0.490. The van der Waals surface area contributed by atoms with Crippen LogP contribution in [0.25, 0.3) is 0 Å². The van der Waals surface area contributed by atoms with E-state index in [4.69, 9.17) is 0 Å². The molecule has 6 nitrogen and oxygen atoms in total. The smallest absolute Gasteiger partial charge is 0.252 e. The van der Waals surface area contributed by atoms with Crippen molar-refractivity contribution in [2.45, 2.75) is 51.8 Å². The van der Waals surface area contributed by atoms with Crippen LogP contribution in [0.3, 0.4) is 0 Å². The Morgan fingerprint density at radius 1 is 1.30 bits per heavy atom. The first-order chi connectivity index (χ1) is 10.7. The van der Waals surface area contributed by atoms with E-state index in [1.54, 1.807) is 18.2 Å². The van der Waals surface area contributed by atoms with Crippen LogP contribution in [0.2, 0.25) is 0 Å². The molecule has 0 bridgehead atoms. The standard InChI is InChI=1S/C17H25N3O3/c1-10-12(15(22)20-17(2,3)4)6-5-7-13(10)19-16(23)14-8-11(21)9-18-14/h5-7,11,14,18,21H,8-9H2,1-4H3,(H,19,23)(H,20,22)/t11-,14-/m1/s1. The van der Waals surface area contributed by atoms with Gasteiger partial charge in [-0.15, -0.1) is 0 Å². The monoisotopic (exact) mass is 319 g/mol.